The van der Waals surface area contributed by atoms with E-state index in [-0.39, 0.29) is 6.61 Å². The molecule has 2 amide bonds. The maximum absolute atomic E-state index is 12.3. The van der Waals surface area contributed by atoms with Gasteiger partial charge in [0, 0.05) is 0 Å². The predicted octanol–water partition coefficient (Wildman–Crippen LogP) is 2.39. The van der Waals surface area contributed by atoms with E-state index in [1.165, 1.54) is 0 Å². The lowest BCUT2D eigenvalue weighted by atomic mass is 10.1. The first-order valence-electron chi connectivity index (χ1n) is 8.33. The van der Waals surface area contributed by atoms with Crippen LogP contribution in [-0.4, -0.2) is 39.4 Å². The molecule has 8 heteroatoms. The highest BCUT2D eigenvalue weighted by Crippen LogP contribution is 2.29. The Morgan fingerprint density at radius 3 is 2.35 bits per heavy atom. The summed E-state index contributed by atoms with van der Waals surface area (Å²) < 4.78 is 2.19. The van der Waals surface area contributed by atoms with Crippen LogP contribution in [0.2, 0.25) is 0 Å². The largest absolute Gasteiger partial charge is 0.394 e. The molecule has 0 bridgehead atoms. The molecule has 1 aromatic heterocycles. The van der Waals surface area contributed by atoms with Crippen LogP contribution in [0.3, 0.4) is 0 Å². The Labute approximate surface area is 160 Å². The quantitative estimate of drug-likeness (QED) is 0.644. The van der Waals surface area contributed by atoms with Gasteiger partial charge in [-0.3, -0.25) is 9.59 Å². The standard InChI is InChI=1S/C18H23BrN4O3/c1-5-13(9-24)20-17(25)18(26)21-16-15(19)12(4)22-23(16)14-7-10(2)6-11(3)8-14/h6-8,13,24H,5,9H2,1-4H3,(H,20,25)(H,21,26)/t13-/m1/s1. The van der Waals surface area contributed by atoms with Gasteiger partial charge in [0.2, 0.25) is 0 Å². The first kappa shape index (κ1) is 20.1. The summed E-state index contributed by atoms with van der Waals surface area (Å²) in [7, 11) is 0. The molecule has 0 aliphatic carbocycles. The van der Waals surface area contributed by atoms with E-state index in [4.69, 9.17) is 0 Å². The first-order valence-corrected chi connectivity index (χ1v) is 9.12. The van der Waals surface area contributed by atoms with E-state index < -0.39 is 17.9 Å². The van der Waals surface area contributed by atoms with Crippen molar-refractivity contribution in [1.29, 1.82) is 0 Å². The molecule has 0 saturated carbocycles. The number of anilines is 1. The number of nitrogens with one attached hydrogen (secondary N) is 2. The number of hydrogen-bond donors (Lipinski definition) is 3. The van der Waals surface area contributed by atoms with Gasteiger partial charge in [0.05, 0.1) is 28.5 Å². The third-order valence-corrected chi connectivity index (χ3v) is 4.87. The van der Waals surface area contributed by atoms with Crippen molar-refractivity contribution in [2.45, 2.75) is 40.2 Å². The number of aliphatic hydroxyl groups is 1. The van der Waals surface area contributed by atoms with Crippen molar-refractivity contribution in [1.82, 2.24) is 15.1 Å². The topological polar surface area (TPSA) is 96.2 Å². The summed E-state index contributed by atoms with van der Waals surface area (Å²) in [5, 5.41) is 18.7. The van der Waals surface area contributed by atoms with E-state index in [0.717, 1.165) is 16.8 Å². The molecule has 3 N–H and O–H groups in total. The molecular weight excluding hydrogens is 400 g/mol. The van der Waals surface area contributed by atoms with Crippen LogP contribution in [0.5, 0.6) is 0 Å². The molecule has 0 unspecified atom stereocenters. The predicted molar refractivity (Wildman–Crippen MR) is 103 cm³/mol. The van der Waals surface area contributed by atoms with Crippen molar-refractivity contribution >= 4 is 33.6 Å². The summed E-state index contributed by atoms with van der Waals surface area (Å²) in [5.74, 6) is -1.24. The summed E-state index contributed by atoms with van der Waals surface area (Å²) in [6.45, 7) is 7.35. The number of benzene rings is 1. The van der Waals surface area contributed by atoms with Gasteiger partial charge in [-0.2, -0.15) is 5.10 Å². The Kier molecular flexibility index (Phi) is 6.55. The van der Waals surface area contributed by atoms with Crippen LogP contribution in [0.25, 0.3) is 5.69 Å². The third kappa shape index (κ3) is 4.50. The van der Waals surface area contributed by atoms with Crippen molar-refractivity contribution < 1.29 is 14.7 Å². The first-order chi connectivity index (χ1) is 12.3. The van der Waals surface area contributed by atoms with Gasteiger partial charge in [-0.15, -0.1) is 0 Å². The number of carbonyl (C=O) groups excluding carboxylic acids is 2. The summed E-state index contributed by atoms with van der Waals surface area (Å²) in [4.78, 5) is 24.4. The van der Waals surface area contributed by atoms with Crippen LogP contribution in [0.4, 0.5) is 5.82 Å². The smallest absolute Gasteiger partial charge is 0.314 e. The summed E-state index contributed by atoms with van der Waals surface area (Å²) >= 11 is 3.42. The molecule has 0 saturated heterocycles. The lowest BCUT2D eigenvalue weighted by Crippen LogP contribution is -2.43. The molecule has 0 fully saturated rings. The molecule has 0 spiro atoms. The molecule has 7 nitrogen and oxygen atoms in total. The molecule has 0 radical (unpaired) electrons. The Morgan fingerprint density at radius 1 is 1.19 bits per heavy atom. The number of carbonyl (C=O) groups is 2. The molecule has 140 valence electrons. The molecule has 1 heterocycles. The molecule has 2 aromatic rings. The molecule has 26 heavy (non-hydrogen) atoms. The average molecular weight is 423 g/mol. The molecule has 0 aliphatic rings. The fourth-order valence-corrected chi connectivity index (χ4v) is 2.91. The number of aryl methyl sites for hydroxylation is 3. The fourth-order valence-electron chi connectivity index (χ4n) is 2.57. The van der Waals surface area contributed by atoms with Gasteiger partial charge in [0.25, 0.3) is 0 Å². The SMILES string of the molecule is CC[C@H](CO)NC(=O)C(=O)Nc1c(Br)c(C)nn1-c1cc(C)cc(C)c1. The zero-order chi connectivity index (χ0) is 19.4. The molecule has 1 atom stereocenters. The lowest BCUT2D eigenvalue weighted by Gasteiger charge is -2.14. The van der Waals surface area contributed by atoms with E-state index in [1.54, 1.807) is 11.6 Å². The highest BCUT2D eigenvalue weighted by atomic mass is 79.9. The van der Waals surface area contributed by atoms with Gasteiger partial charge >= 0.3 is 11.8 Å². The number of rotatable bonds is 5. The molecule has 1 aromatic carbocycles. The van der Waals surface area contributed by atoms with Gasteiger partial charge in [-0.25, -0.2) is 4.68 Å². The van der Waals surface area contributed by atoms with Crippen molar-refractivity contribution in [3.8, 4) is 5.69 Å². The average Bonchev–Trinajstić information content (AvgIpc) is 2.86. The van der Waals surface area contributed by atoms with E-state index in [0.29, 0.717) is 22.4 Å². The van der Waals surface area contributed by atoms with Crippen LogP contribution in [-0.2, 0) is 9.59 Å². The van der Waals surface area contributed by atoms with Crippen molar-refractivity contribution in [3.63, 3.8) is 0 Å². The Balaban J connectivity index is 2.32. The number of aromatic nitrogens is 2. The van der Waals surface area contributed by atoms with Crippen LogP contribution in [0.1, 0.15) is 30.2 Å². The van der Waals surface area contributed by atoms with Crippen LogP contribution >= 0.6 is 15.9 Å². The van der Waals surface area contributed by atoms with E-state index in [9.17, 15) is 14.7 Å². The minimum Gasteiger partial charge on any atom is -0.394 e. The lowest BCUT2D eigenvalue weighted by molar-refractivity contribution is -0.136. The highest BCUT2D eigenvalue weighted by Gasteiger charge is 2.22. The summed E-state index contributed by atoms with van der Waals surface area (Å²) in [6.07, 6.45) is 0.527. The van der Waals surface area contributed by atoms with Crippen molar-refractivity contribution in [2.75, 3.05) is 11.9 Å². The molecule has 2 rings (SSSR count). The van der Waals surface area contributed by atoms with Crippen molar-refractivity contribution in [2.24, 2.45) is 0 Å². The van der Waals surface area contributed by atoms with E-state index in [1.807, 2.05) is 39.0 Å². The van der Waals surface area contributed by atoms with Gasteiger partial charge in [0.15, 0.2) is 5.82 Å². The van der Waals surface area contributed by atoms with Gasteiger partial charge in [-0.05, 0) is 66.4 Å². The Hall–Kier alpha value is -2.19. The minimum atomic E-state index is -0.817. The monoisotopic (exact) mass is 422 g/mol. The summed E-state index contributed by atoms with van der Waals surface area (Å²) in [6, 6.07) is 5.48. The molecule has 0 aliphatic heterocycles. The minimum absolute atomic E-state index is 0.223. The second-order valence-corrected chi connectivity index (χ2v) is 7.01. The van der Waals surface area contributed by atoms with E-state index >= 15 is 0 Å². The maximum atomic E-state index is 12.3. The van der Waals surface area contributed by atoms with Crippen LogP contribution in [0, 0.1) is 20.8 Å². The van der Waals surface area contributed by atoms with Gasteiger partial charge in [0.1, 0.15) is 0 Å². The van der Waals surface area contributed by atoms with Crippen LogP contribution < -0.4 is 10.6 Å². The fraction of sp³-hybridized carbons (Fsp3) is 0.389. The Morgan fingerprint density at radius 2 is 1.81 bits per heavy atom. The summed E-state index contributed by atoms with van der Waals surface area (Å²) in [5.41, 5.74) is 3.59. The molecular formula is C18H23BrN4O3. The third-order valence-electron chi connectivity index (χ3n) is 3.92. The van der Waals surface area contributed by atoms with Gasteiger partial charge < -0.3 is 15.7 Å². The second kappa shape index (κ2) is 8.46. The number of amides is 2. The number of nitrogens with zero attached hydrogens (tertiary/aromatic N) is 2. The number of halogens is 1. The number of aliphatic hydroxyl groups excluding tert-OH is 1. The normalized spacial score (nSPS) is 11.9. The highest BCUT2D eigenvalue weighted by molar-refractivity contribution is 9.10. The van der Waals surface area contributed by atoms with E-state index in [2.05, 4.69) is 31.7 Å². The van der Waals surface area contributed by atoms with Crippen LogP contribution in [0.15, 0.2) is 22.7 Å². The second-order valence-electron chi connectivity index (χ2n) is 6.22. The Bertz CT molecular complexity index is 808. The zero-order valence-electron chi connectivity index (χ0n) is 15.3. The zero-order valence-corrected chi connectivity index (χ0v) is 16.8. The van der Waals surface area contributed by atoms with Crippen molar-refractivity contribution in [3.05, 3.63) is 39.5 Å². The maximum Gasteiger partial charge on any atom is 0.314 e. The van der Waals surface area contributed by atoms with Gasteiger partial charge in [-0.1, -0.05) is 13.0 Å². The number of hydrogen-bond acceptors (Lipinski definition) is 4.